The predicted octanol–water partition coefficient (Wildman–Crippen LogP) is 10.8. The SMILES string of the molecule is O=P(c1ccccc1)(c1ccccc1)c1ccc2cc(-c3ccc(-c4ccc5nc(-c6ccccc6)n6c7ccccc7nc6c5c4)cc3)ccc2c1. The summed E-state index contributed by atoms with van der Waals surface area (Å²) < 4.78 is 17.1. The monoisotopic (exact) mass is 697 g/mol. The van der Waals surface area contributed by atoms with Crippen LogP contribution in [-0.2, 0) is 4.57 Å². The Hall–Kier alpha value is -6.61. The highest BCUT2D eigenvalue weighted by molar-refractivity contribution is 7.85. The summed E-state index contributed by atoms with van der Waals surface area (Å²) in [6, 6.07) is 66.2. The Bertz CT molecular complexity index is 2970. The molecule has 0 aliphatic rings. The molecule has 0 radical (unpaired) electrons. The highest BCUT2D eigenvalue weighted by Gasteiger charge is 2.29. The Labute approximate surface area is 307 Å². The third kappa shape index (κ3) is 5.27. The molecule has 5 heteroatoms. The van der Waals surface area contributed by atoms with Crippen molar-refractivity contribution in [2.75, 3.05) is 0 Å². The zero-order valence-corrected chi connectivity index (χ0v) is 29.6. The summed E-state index contributed by atoms with van der Waals surface area (Å²) >= 11 is 0. The average molecular weight is 698 g/mol. The molecule has 53 heavy (non-hydrogen) atoms. The van der Waals surface area contributed by atoms with E-state index in [2.05, 4.69) is 108 Å². The van der Waals surface area contributed by atoms with Crippen LogP contribution in [0.25, 0.3) is 72.0 Å². The summed E-state index contributed by atoms with van der Waals surface area (Å²) in [4.78, 5) is 10.3. The second kappa shape index (κ2) is 12.6. The Balaban J connectivity index is 1.00. The number of imidazole rings is 1. The molecule has 0 amide bonds. The van der Waals surface area contributed by atoms with E-state index in [1.54, 1.807) is 0 Å². The highest BCUT2D eigenvalue weighted by Crippen LogP contribution is 2.43. The van der Waals surface area contributed by atoms with Gasteiger partial charge in [0.15, 0.2) is 7.14 Å². The molecule has 0 fully saturated rings. The van der Waals surface area contributed by atoms with Crippen LogP contribution in [0.1, 0.15) is 0 Å². The molecule has 0 saturated carbocycles. The van der Waals surface area contributed by atoms with E-state index in [9.17, 15) is 4.57 Å². The van der Waals surface area contributed by atoms with Crippen LogP contribution in [0.4, 0.5) is 0 Å². The van der Waals surface area contributed by atoms with Crippen molar-refractivity contribution in [1.82, 2.24) is 14.4 Å². The van der Waals surface area contributed by atoms with Gasteiger partial charge in [0.25, 0.3) is 0 Å². The van der Waals surface area contributed by atoms with Crippen molar-refractivity contribution in [2.24, 2.45) is 0 Å². The molecular formula is C48H32N3OP. The number of fused-ring (bicyclic) bond motifs is 6. The molecule has 2 heterocycles. The number of aromatic nitrogens is 3. The molecule has 250 valence electrons. The minimum Gasteiger partial charge on any atom is -0.309 e. The van der Waals surface area contributed by atoms with Crippen molar-refractivity contribution in [1.29, 1.82) is 0 Å². The van der Waals surface area contributed by atoms with Gasteiger partial charge < -0.3 is 4.57 Å². The van der Waals surface area contributed by atoms with Crippen LogP contribution in [0.2, 0.25) is 0 Å². The zero-order chi connectivity index (χ0) is 35.4. The first-order chi connectivity index (χ1) is 26.1. The van der Waals surface area contributed by atoms with Gasteiger partial charge in [-0.3, -0.25) is 4.40 Å². The lowest BCUT2D eigenvalue weighted by Crippen LogP contribution is -2.24. The summed E-state index contributed by atoms with van der Waals surface area (Å²) in [7, 11) is -3.05. The summed E-state index contributed by atoms with van der Waals surface area (Å²) in [5, 5.41) is 5.70. The fourth-order valence-corrected chi connectivity index (χ4v) is 10.2. The van der Waals surface area contributed by atoms with E-state index >= 15 is 0 Å². The fourth-order valence-electron chi connectivity index (χ4n) is 7.54. The molecule has 0 spiro atoms. The Morgan fingerprint density at radius 3 is 1.64 bits per heavy atom. The van der Waals surface area contributed by atoms with Crippen LogP contribution in [0.3, 0.4) is 0 Å². The molecular weight excluding hydrogens is 666 g/mol. The van der Waals surface area contributed by atoms with Gasteiger partial charge in [-0.15, -0.1) is 0 Å². The maximum Gasteiger partial charge on any atom is 0.171 e. The zero-order valence-electron chi connectivity index (χ0n) is 28.7. The van der Waals surface area contributed by atoms with Crippen LogP contribution in [-0.4, -0.2) is 14.4 Å². The van der Waals surface area contributed by atoms with Crippen LogP contribution < -0.4 is 15.9 Å². The molecule has 0 N–H and O–H groups in total. The van der Waals surface area contributed by atoms with Gasteiger partial charge in [0.1, 0.15) is 11.5 Å². The van der Waals surface area contributed by atoms with Gasteiger partial charge in [-0.05, 0) is 69.4 Å². The minimum absolute atomic E-state index is 0.835. The third-order valence-electron chi connectivity index (χ3n) is 10.2. The van der Waals surface area contributed by atoms with E-state index in [1.807, 2.05) is 91.0 Å². The Morgan fingerprint density at radius 2 is 0.943 bits per heavy atom. The van der Waals surface area contributed by atoms with Crippen LogP contribution in [0.5, 0.6) is 0 Å². The van der Waals surface area contributed by atoms with Gasteiger partial charge in [-0.2, -0.15) is 0 Å². The molecule has 10 rings (SSSR count). The van der Waals surface area contributed by atoms with Gasteiger partial charge in [0.05, 0.1) is 16.6 Å². The summed E-state index contributed by atoms with van der Waals surface area (Å²) in [5.41, 5.74) is 9.35. The number of benzene rings is 8. The van der Waals surface area contributed by atoms with Gasteiger partial charge in [0, 0.05) is 26.9 Å². The molecule has 4 nitrogen and oxygen atoms in total. The summed E-state index contributed by atoms with van der Waals surface area (Å²) in [6.45, 7) is 0. The molecule has 0 aliphatic carbocycles. The topological polar surface area (TPSA) is 47.3 Å². The van der Waals surface area contributed by atoms with Gasteiger partial charge in [-0.25, -0.2) is 9.97 Å². The Morgan fingerprint density at radius 1 is 0.396 bits per heavy atom. The van der Waals surface area contributed by atoms with Crippen molar-refractivity contribution in [2.45, 2.75) is 0 Å². The van der Waals surface area contributed by atoms with Crippen molar-refractivity contribution >= 4 is 61.4 Å². The lowest BCUT2D eigenvalue weighted by molar-refractivity contribution is 0.592. The van der Waals surface area contributed by atoms with Crippen molar-refractivity contribution in [3.63, 3.8) is 0 Å². The molecule has 0 aliphatic heterocycles. The van der Waals surface area contributed by atoms with E-state index in [1.165, 1.54) is 0 Å². The van der Waals surface area contributed by atoms with E-state index < -0.39 is 7.14 Å². The predicted molar refractivity (Wildman–Crippen MR) is 221 cm³/mol. The number of rotatable bonds is 6. The maximum atomic E-state index is 14.9. The van der Waals surface area contributed by atoms with E-state index in [4.69, 9.17) is 9.97 Å². The second-order valence-electron chi connectivity index (χ2n) is 13.4. The summed E-state index contributed by atoms with van der Waals surface area (Å²) in [6.07, 6.45) is 0. The molecule has 0 atom stereocenters. The first kappa shape index (κ1) is 31.2. The molecule has 10 aromatic rings. The largest absolute Gasteiger partial charge is 0.309 e. The number of hydrogen-bond acceptors (Lipinski definition) is 3. The van der Waals surface area contributed by atoms with Crippen LogP contribution in [0.15, 0.2) is 194 Å². The lowest BCUT2D eigenvalue weighted by atomic mass is 9.98. The first-order valence-corrected chi connectivity index (χ1v) is 19.5. The first-order valence-electron chi connectivity index (χ1n) is 17.8. The number of para-hydroxylation sites is 2. The van der Waals surface area contributed by atoms with Crippen molar-refractivity contribution < 1.29 is 4.57 Å². The standard InChI is InChI=1S/C48H32N3OP/c52-53(40-14-6-2-7-15-40,41-16-8-3-9-17-41)42-28-26-37-30-36(24-25-38(37)31-42)33-20-22-34(23-21-33)39-27-29-44-43(32-39)48-50-45-18-10-11-19-46(45)51(48)47(49-44)35-12-4-1-5-13-35/h1-32H. The normalized spacial score (nSPS) is 11.8. The van der Waals surface area contributed by atoms with E-state index in [-0.39, 0.29) is 0 Å². The third-order valence-corrected chi connectivity index (χ3v) is 13.3. The van der Waals surface area contributed by atoms with E-state index in [0.29, 0.717) is 0 Å². The molecule has 8 aromatic carbocycles. The van der Waals surface area contributed by atoms with Crippen LogP contribution in [0, 0.1) is 0 Å². The lowest BCUT2D eigenvalue weighted by Gasteiger charge is -2.20. The minimum atomic E-state index is -3.05. The quantitative estimate of drug-likeness (QED) is 0.163. The van der Waals surface area contributed by atoms with Crippen LogP contribution >= 0.6 is 7.14 Å². The highest BCUT2D eigenvalue weighted by atomic mass is 31.2. The second-order valence-corrected chi connectivity index (χ2v) is 16.2. The van der Waals surface area contributed by atoms with E-state index in [0.717, 1.165) is 87.9 Å². The van der Waals surface area contributed by atoms with Crippen molar-refractivity contribution in [3.8, 4) is 33.6 Å². The van der Waals surface area contributed by atoms with Crippen molar-refractivity contribution in [3.05, 3.63) is 194 Å². The fraction of sp³-hybridized carbons (Fsp3) is 0. The average Bonchev–Trinajstić information content (AvgIpc) is 3.64. The number of nitrogens with zero attached hydrogens (tertiary/aromatic N) is 3. The summed E-state index contributed by atoms with van der Waals surface area (Å²) in [5.74, 6) is 0.881. The number of hydrogen-bond donors (Lipinski definition) is 0. The molecule has 0 bridgehead atoms. The molecule has 2 aromatic heterocycles. The van der Waals surface area contributed by atoms with Gasteiger partial charge in [0.2, 0.25) is 0 Å². The maximum absolute atomic E-state index is 14.9. The smallest absolute Gasteiger partial charge is 0.171 e. The Kier molecular flexibility index (Phi) is 7.38. The van der Waals surface area contributed by atoms with Gasteiger partial charge in [-0.1, -0.05) is 158 Å². The van der Waals surface area contributed by atoms with Gasteiger partial charge >= 0.3 is 0 Å². The molecule has 0 unspecified atom stereocenters. The molecule has 0 saturated heterocycles.